The third-order valence-corrected chi connectivity index (χ3v) is 4.75. The number of carbonyl (C=O) groups is 1. The van der Waals surface area contributed by atoms with E-state index in [2.05, 4.69) is 21.4 Å². The Labute approximate surface area is 129 Å². The van der Waals surface area contributed by atoms with Crippen LogP contribution in [0.5, 0.6) is 0 Å². The van der Waals surface area contributed by atoms with Crippen LogP contribution >= 0.6 is 23.1 Å². The lowest BCUT2D eigenvalue weighted by Gasteiger charge is -2.03. The first kappa shape index (κ1) is 15.3. The highest BCUT2D eigenvalue weighted by Crippen LogP contribution is 2.31. The van der Waals surface area contributed by atoms with Crippen LogP contribution in [0.15, 0.2) is 22.2 Å². The number of hydrogen-bond donors (Lipinski definition) is 2. The number of aromatic nitrogens is 2. The number of H-pyrrole nitrogens is 1. The van der Waals surface area contributed by atoms with E-state index in [9.17, 15) is 9.59 Å². The van der Waals surface area contributed by atoms with Crippen molar-refractivity contribution in [3.63, 3.8) is 0 Å². The zero-order chi connectivity index (χ0) is 15.4. The minimum absolute atomic E-state index is 0.105. The molecule has 2 N–H and O–H groups in total. The summed E-state index contributed by atoms with van der Waals surface area (Å²) in [6.45, 7) is 3.76. The van der Waals surface area contributed by atoms with Gasteiger partial charge in [-0.15, -0.1) is 11.3 Å². The highest BCUT2D eigenvalue weighted by Gasteiger charge is 2.14. The fourth-order valence-corrected chi connectivity index (χ4v) is 3.25. The van der Waals surface area contributed by atoms with Crippen LogP contribution < -0.4 is 10.9 Å². The van der Waals surface area contributed by atoms with Gasteiger partial charge in [0.25, 0.3) is 5.56 Å². The Bertz CT molecular complexity index is 773. The van der Waals surface area contributed by atoms with Crippen molar-refractivity contribution in [2.75, 3.05) is 11.1 Å². The van der Waals surface area contributed by atoms with Gasteiger partial charge in [-0.3, -0.25) is 9.59 Å². The minimum Gasteiger partial charge on any atom is -0.316 e. The van der Waals surface area contributed by atoms with Crippen molar-refractivity contribution in [1.82, 2.24) is 9.97 Å². The quantitative estimate of drug-likeness (QED) is 0.663. The van der Waals surface area contributed by atoms with Gasteiger partial charge < -0.3 is 10.3 Å². The molecule has 0 atom stereocenters. The average Bonchev–Trinajstić information content (AvgIpc) is 2.71. The maximum Gasteiger partial charge on any atom is 0.251 e. The predicted octanol–water partition coefficient (Wildman–Crippen LogP) is 2.05. The molecule has 6 nitrogen and oxygen atoms in total. The number of thiophene rings is 1. The molecule has 8 heteroatoms. The fourth-order valence-electron chi connectivity index (χ4n) is 1.57. The first-order chi connectivity index (χ1) is 10.0. The molecule has 0 unspecified atom stereocenters. The maximum atomic E-state index is 11.9. The van der Waals surface area contributed by atoms with Crippen molar-refractivity contribution in [1.29, 1.82) is 5.26 Å². The number of aromatic amines is 1. The Balaban J connectivity index is 2.01. The lowest BCUT2D eigenvalue weighted by molar-refractivity contribution is -0.113. The Morgan fingerprint density at radius 1 is 1.57 bits per heavy atom. The van der Waals surface area contributed by atoms with Crippen molar-refractivity contribution in [3.8, 4) is 6.07 Å². The summed E-state index contributed by atoms with van der Waals surface area (Å²) in [6, 6.07) is 3.41. The van der Waals surface area contributed by atoms with E-state index in [1.807, 2.05) is 13.8 Å². The second kappa shape index (κ2) is 6.56. The predicted molar refractivity (Wildman–Crippen MR) is 82.7 cm³/mol. The molecule has 2 rings (SSSR count). The summed E-state index contributed by atoms with van der Waals surface area (Å²) in [6.07, 6.45) is 1.39. The highest BCUT2D eigenvalue weighted by atomic mass is 32.2. The molecule has 0 radical (unpaired) electrons. The first-order valence-electron chi connectivity index (χ1n) is 5.99. The molecule has 2 heterocycles. The summed E-state index contributed by atoms with van der Waals surface area (Å²) in [5.74, 6) is -0.141. The van der Waals surface area contributed by atoms with Gasteiger partial charge in [0.15, 0.2) is 5.16 Å². The number of nitrogens with zero attached hydrogens (tertiary/aromatic N) is 2. The van der Waals surface area contributed by atoms with Crippen molar-refractivity contribution in [3.05, 3.63) is 38.6 Å². The molecular weight excluding hydrogens is 308 g/mol. The van der Waals surface area contributed by atoms with Crippen molar-refractivity contribution in [2.24, 2.45) is 0 Å². The Hall–Kier alpha value is -2.11. The van der Waals surface area contributed by atoms with Gasteiger partial charge in [-0.05, 0) is 19.4 Å². The molecule has 0 aliphatic rings. The van der Waals surface area contributed by atoms with Gasteiger partial charge >= 0.3 is 0 Å². The van der Waals surface area contributed by atoms with E-state index in [1.165, 1.54) is 23.6 Å². The molecule has 0 aliphatic carbocycles. The second-order valence-electron chi connectivity index (χ2n) is 4.18. The molecule has 2 aromatic rings. The lowest BCUT2D eigenvalue weighted by atomic mass is 10.2. The van der Waals surface area contributed by atoms with Crippen LogP contribution in [-0.2, 0) is 4.79 Å². The monoisotopic (exact) mass is 320 g/mol. The molecular formula is C13H12N4O2S2. The van der Waals surface area contributed by atoms with Gasteiger partial charge in [0, 0.05) is 17.1 Å². The highest BCUT2D eigenvalue weighted by molar-refractivity contribution is 7.99. The third-order valence-electron chi connectivity index (χ3n) is 2.74. The van der Waals surface area contributed by atoms with Crippen molar-refractivity contribution >= 4 is 34.0 Å². The van der Waals surface area contributed by atoms with Crippen LogP contribution in [0.25, 0.3) is 0 Å². The van der Waals surface area contributed by atoms with Crippen LogP contribution in [-0.4, -0.2) is 21.6 Å². The Morgan fingerprint density at radius 2 is 2.33 bits per heavy atom. The van der Waals surface area contributed by atoms with Gasteiger partial charge in [-0.1, -0.05) is 11.8 Å². The number of aryl methyl sites for hydroxylation is 1. The number of hydrogen-bond acceptors (Lipinski definition) is 6. The molecule has 1 amide bonds. The molecule has 108 valence electrons. The molecule has 2 aromatic heterocycles. The molecule has 0 bridgehead atoms. The molecule has 0 saturated heterocycles. The fraction of sp³-hybridized carbons (Fsp3) is 0.231. The van der Waals surface area contributed by atoms with Gasteiger partial charge in [-0.2, -0.15) is 5.26 Å². The molecule has 0 aromatic carbocycles. The second-order valence-corrected chi connectivity index (χ2v) is 6.36. The summed E-state index contributed by atoms with van der Waals surface area (Å²) in [5.41, 5.74) is 1.13. The number of thioether (sulfide) groups is 1. The van der Waals surface area contributed by atoms with Gasteiger partial charge in [0.2, 0.25) is 5.91 Å². The Kier molecular flexibility index (Phi) is 4.77. The first-order valence-corrected chi connectivity index (χ1v) is 7.79. The molecule has 0 fully saturated rings. The van der Waals surface area contributed by atoms with Crippen LogP contribution in [0.2, 0.25) is 0 Å². The smallest absolute Gasteiger partial charge is 0.251 e. The van der Waals surface area contributed by atoms with E-state index in [1.54, 1.807) is 0 Å². The number of amides is 1. The number of anilines is 1. The summed E-state index contributed by atoms with van der Waals surface area (Å²) < 4.78 is 0. The van der Waals surface area contributed by atoms with E-state index < -0.39 is 0 Å². The normalized spacial score (nSPS) is 10.1. The Morgan fingerprint density at radius 3 is 3.00 bits per heavy atom. The van der Waals surface area contributed by atoms with Crippen LogP contribution in [0.4, 0.5) is 5.00 Å². The lowest BCUT2D eigenvalue weighted by Crippen LogP contribution is -2.15. The standard InChI is InChI=1S/C13H12N4O2S2/c1-7-8(2)21-12(9(7)5-14)16-11(19)6-20-13-15-4-3-10(18)17-13/h3-4H,6H2,1-2H3,(H,16,19)(H,15,17,18). The van der Waals surface area contributed by atoms with Crippen LogP contribution in [0.3, 0.4) is 0 Å². The van der Waals surface area contributed by atoms with Crippen LogP contribution in [0.1, 0.15) is 16.0 Å². The zero-order valence-electron chi connectivity index (χ0n) is 11.4. The van der Waals surface area contributed by atoms with E-state index in [0.717, 1.165) is 22.2 Å². The van der Waals surface area contributed by atoms with Crippen molar-refractivity contribution in [2.45, 2.75) is 19.0 Å². The van der Waals surface area contributed by atoms with E-state index in [4.69, 9.17) is 5.26 Å². The number of nitriles is 1. The summed E-state index contributed by atoms with van der Waals surface area (Å²) in [4.78, 5) is 30.5. The van der Waals surface area contributed by atoms with Gasteiger partial charge in [-0.25, -0.2) is 4.98 Å². The summed E-state index contributed by atoms with van der Waals surface area (Å²) in [5, 5.41) is 12.8. The zero-order valence-corrected chi connectivity index (χ0v) is 13.0. The molecule has 0 saturated carbocycles. The van der Waals surface area contributed by atoms with Crippen LogP contribution in [0, 0.1) is 25.2 Å². The molecule has 0 spiro atoms. The maximum absolute atomic E-state index is 11.9. The van der Waals surface area contributed by atoms with Gasteiger partial charge in [0.05, 0.1) is 11.3 Å². The van der Waals surface area contributed by atoms with E-state index >= 15 is 0 Å². The van der Waals surface area contributed by atoms with E-state index in [0.29, 0.717) is 15.7 Å². The summed E-state index contributed by atoms with van der Waals surface area (Å²) >= 11 is 2.51. The largest absolute Gasteiger partial charge is 0.316 e. The molecule has 21 heavy (non-hydrogen) atoms. The van der Waals surface area contributed by atoms with E-state index in [-0.39, 0.29) is 17.2 Å². The number of nitrogens with one attached hydrogen (secondary N) is 2. The average molecular weight is 320 g/mol. The number of carbonyl (C=O) groups excluding carboxylic acids is 1. The van der Waals surface area contributed by atoms with Gasteiger partial charge in [0.1, 0.15) is 11.1 Å². The van der Waals surface area contributed by atoms with Crippen molar-refractivity contribution < 1.29 is 4.79 Å². The SMILES string of the molecule is Cc1sc(NC(=O)CSc2nccc(=O)[nH]2)c(C#N)c1C. The minimum atomic E-state index is -0.260. The topological polar surface area (TPSA) is 98.6 Å². The molecule has 0 aliphatic heterocycles. The summed E-state index contributed by atoms with van der Waals surface area (Å²) in [7, 11) is 0. The third kappa shape index (κ3) is 3.71. The number of rotatable bonds is 4.